The minimum atomic E-state index is -0.102. The lowest BCUT2D eigenvalue weighted by Crippen LogP contribution is -2.36. The van der Waals surface area contributed by atoms with Crippen LogP contribution in [0.2, 0.25) is 0 Å². The summed E-state index contributed by atoms with van der Waals surface area (Å²) in [7, 11) is 1.76. The summed E-state index contributed by atoms with van der Waals surface area (Å²) in [6, 6.07) is 5.42. The van der Waals surface area contributed by atoms with E-state index in [1.807, 2.05) is 12.1 Å². The minimum absolute atomic E-state index is 0.102. The summed E-state index contributed by atoms with van der Waals surface area (Å²) in [5.74, 6) is 0.539. The Hall–Kier alpha value is -1.13. The van der Waals surface area contributed by atoms with Crippen molar-refractivity contribution in [2.24, 2.45) is 5.92 Å². The number of nitrogens with one attached hydrogen (secondary N) is 1. The second kappa shape index (κ2) is 8.35. The Morgan fingerprint density at radius 1 is 1.33 bits per heavy atom. The topological polar surface area (TPSA) is 24.5 Å². The summed E-state index contributed by atoms with van der Waals surface area (Å²) in [4.78, 5) is 2.32. The van der Waals surface area contributed by atoms with Gasteiger partial charge in [0.15, 0.2) is 0 Å². The molecule has 1 fully saturated rings. The van der Waals surface area contributed by atoms with Gasteiger partial charge in [0.05, 0.1) is 0 Å². The molecule has 1 aliphatic rings. The number of hydrogen-bond donors (Lipinski definition) is 1. The van der Waals surface area contributed by atoms with Gasteiger partial charge < -0.3 is 15.0 Å². The molecule has 0 aromatic heterocycles. The van der Waals surface area contributed by atoms with Crippen LogP contribution in [0.3, 0.4) is 0 Å². The highest BCUT2D eigenvalue weighted by Crippen LogP contribution is 2.28. The van der Waals surface area contributed by atoms with Gasteiger partial charge in [0, 0.05) is 44.6 Å². The number of halogens is 1. The molecule has 0 atom stereocenters. The number of rotatable bonds is 7. The highest BCUT2D eigenvalue weighted by Gasteiger charge is 2.21. The largest absolute Gasteiger partial charge is 0.384 e. The highest BCUT2D eigenvalue weighted by molar-refractivity contribution is 5.54. The van der Waals surface area contributed by atoms with Crippen LogP contribution in [0.15, 0.2) is 18.2 Å². The number of piperidine rings is 1. The van der Waals surface area contributed by atoms with Crippen LogP contribution in [-0.2, 0) is 11.3 Å². The third kappa shape index (κ3) is 4.42. The summed E-state index contributed by atoms with van der Waals surface area (Å²) < 4.78 is 19.4. The van der Waals surface area contributed by atoms with E-state index < -0.39 is 0 Å². The van der Waals surface area contributed by atoms with E-state index in [-0.39, 0.29) is 5.82 Å². The molecule has 0 radical (unpaired) electrons. The van der Waals surface area contributed by atoms with E-state index in [1.54, 1.807) is 13.2 Å². The van der Waals surface area contributed by atoms with Crippen molar-refractivity contribution < 1.29 is 9.13 Å². The maximum absolute atomic E-state index is 14.1. The summed E-state index contributed by atoms with van der Waals surface area (Å²) >= 11 is 0. The van der Waals surface area contributed by atoms with Crippen LogP contribution >= 0.6 is 0 Å². The van der Waals surface area contributed by atoms with Crippen LogP contribution in [0.25, 0.3) is 0 Å². The molecule has 1 aromatic rings. The molecule has 3 nitrogen and oxygen atoms in total. The number of hydrogen-bond acceptors (Lipinski definition) is 3. The second-order valence-corrected chi connectivity index (χ2v) is 5.80. The highest BCUT2D eigenvalue weighted by atomic mass is 19.1. The first kappa shape index (κ1) is 16.2. The van der Waals surface area contributed by atoms with Crippen LogP contribution in [-0.4, -0.2) is 33.4 Å². The van der Waals surface area contributed by atoms with Crippen LogP contribution < -0.4 is 10.2 Å². The van der Waals surface area contributed by atoms with E-state index >= 15 is 0 Å². The maximum atomic E-state index is 14.1. The van der Waals surface area contributed by atoms with Crippen molar-refractivity contribution in [3.8, 4) is 0 Å². The molecule has 0 aliphatic carbocycles. The van der Waals surface area contributed by atoms with Gasteiger partial charge in [-0.05, 0) is 43.9 Å². The van der Waals surface area contributed by atoms with Gasteiger partial charge in [-0.25, -0.2) is 4.39 Å². The van der Waals surface area contributed by atoms with Crippen molar-refractivity contribution in [1.29, 1.82) is 0 Å². The van der Waals surface area contributed by atoms with Gasteiger partial charge in [0.25, 0.3) is 0 Å². The normalized spacial score (nSPS) is 16.4. The van der Waals surface area contributed by atoms with Gasteiger partial charge in [-0.2, -0.15) is 0 Å². The van der Waals surface area contributed by atoms with Crippen molar-refractivity contribution in [2.45, 2.75) is 32.7 Å². The summed E-state index contributed by atoms with van der Waals surface area (Å²) in [5, 5.41) is 3.31. The number of nitrogens with zero attached hydrogens (tertiary/aromatic N) is 1. The van der Waals surface area contributed by atoms with Gasteiger partial charge in [0.1, 0.15) is 5.82 Å². The molecule has 118 valence electrons. The second-order valence-electron chi connectivity index (χ2n) is 5.80. The lowest BCUT2D eigenvalue weighted by molar-refractivity contribution is 0.139. The molecule has 1 aliphatic heterocycles. The Morgan fingerprint density at radius 3 is 2.76 bits per heavy atom. The lowest BCUT2D eigenvalue weighted by Gasteiger charge is -2.34. The van der Waals surface area contributed by atoms with Crippen molar-refractivity contribution in [1.82, 2.24) is 5.32 Å². The molecule has 0 amide bonds. The van der Waals surface area contributed by atoms with Crippen molar-refractivity contribution in [2.75, 3.05) is 38.3 Å². The molecule has 0 bridgehead atoms. The average Bonchev–Trinajstić information content (AvgIpc) is 2.50. The molecule has 1 heterocycles. The lowest BCUT2D eigenvalue weighted by atomic mass is 9.96. The molecule has 21 heavy (non-hydrogen) atoms. The third-order valence-electron chi connectivity index (χ3n) is 4.18. The Morgan fingerprint density at radius 2 is 2.10 bits per heavy atom. The molecule has 0 saturated carbocycles. The van der Waals surface area contributed by atoms with Gasteiger partial charge in [-0.1, -0.05) is 13.0 Å². The number of methoxy groups -OCH3 is 1. The molecule has 0 unspecified atom stereocenters. The van der Waals surface area contributed by atoms with E-state index in [2.05, 4.69) is 17.1 Å². The standard InChI is InChI=1S/C17H27FN2O/c1-3-9-19-12-15-16(18)5-4-6-17(15)20-10-7-14(8-11-20)13-21-2/h4-6,14,19H,3,7-13H2,1-2H3. The predicted molar refractivity (Wildman–Crippen MR) is 85.2 cm³/mol. The van der Waals surface area contributed by atoms with Crippen molar-refractivity contribution in [3.05, 3.63) is 29.6 Å². The summed E-state index contributed by atoms with van der Waals surface area (Å²) in [6.45, 7) is 6.45. The zero-order chi connectivity index (χ0) is 15.1. The monoisotopic (exact) mass is 294 g/mol. The Balaban J connectivity index is 2.04. The predicted octanol–water partition coefficient (Wildman–Crippen LogP) is 3.19. The fourth-order valence-corrected chi connectivity index (χ4v) is 2.98. The minimum Gasteiger partial charge on any atom is -0.384 e. The smallest absolute Gasteiger partial charge is 0.129 e. The van der Waals surface area contributed by atoms with Crippen LogP contribution in [0.4, 0.5) is 10.1 Å². The zero-order valence-electron chi connectivity index (χ0n) is 13.2. The Bertz CT molecular complexity index is 431. The van der Waals surface area contributed by atoms with Crippen LogP contribution in [0.5, 0.6) is 0 Å². The SMILES string of the molecule is CCCNCc1c(F)cccc1N1CCC(COC)CC1. The first-order chi connectivity index (χ1) is 10.3. The van der Waals surface area contributed by atoms with Gasteiger partial charge in [-0.15, -0.1) is 0 Å². The third-order valence-corrected chi connectivity index (χ3v) is 4.18. The van der Waals surface area contributed by atoms with Crippen molar-refractivity contribution in [3.63, 3.8) is 0 Å². The molecule has 1 saturated heterocycles. The van der Waals surface area contributed by atoms with Crippen LogP contribution in [0.1, 0.15) is 31.7 Å². The number of ether oxygens (including phenoxy) is 1. The maximum Gasteiger partial charge on any atom is 0.129 e. The molecule has 1 N–H and O–H groups in total. The molecular weight excluding hydrogens is 267 g/mol. The van der Waals surface area contributed by atoms with E-state index in [0.29, 0.717) is 12.5 Å². The number of anilines is 1. The van der Waals surface area contributed by atoms with Gasteiger partial charge in [0.2, 0.25) is 0 Å². The molecular formula is C17H27FN2O. The van der Waals surface area contributed by atoms with Crippen molar-refractivity contribution >= 4 is 5.69 Å². The molecule has 2 rings (SSSR count). The quantitative estimate of drug-likeness (QED) is 0.782. The molecule has 0 spiro atoms. The Kier molecular flexibility index (Phi) is 6.46. The fraction of sp³-hybridized carbons (Fsp3) is 0.647. The summed E-state index contributed by atoms with van der Waals surface area (Å²) in [5.41, 5.74) is 1.85. The number of benzene rings is 1. The van der Waals surface area contributed by atoms with E-state index in [1.165, 1.54) is 0 Å². The van der Waals surface area contributed by atoms with Crippen LogP contribution in [0, 0.1) is 11.7 Å². The first-order valence-corrected chi connectivity index (χ1v) is 7.98. The van der Waals surface area contributed by atoms with E-state index in [4.69, 9.17) is 4.74 Å². The Labute approximate surface area is 127 Å². The first-order valence-electron chi connectivity index (χ1n) is 7.98. The zero-order valence-corrected chi connectivity index (χ0v) is 13.2. The fourth-order valence-electron chi connectivity index (χ4n) is 2.98. The van der Waals surface area contributed by atoms with Gasteiger partial charge >= 0.3 is 0 Å². The average molecular weight is 294 g/mol. The summed E-state index contributed by atoms with van der Waals surface area (Å²) in [6.07, 6.45) is 3.30. The van der Waals surface area contributed by atoms with E-state index in [9.17, 15) is 4.39 Å². The van der Waals surface area contributed by atoms with E-state index in [0.717, 1.165) is 56.8 Å². The van der Waals surface area contributed by atoms with Gasteiger partial charge in [-0.3, -0.25) is 0 Å². The molecule has 4 heteroatoms. The molecule has 1 aromatic carbocycles.